The van der Waals surface area contributed by atoms with E-state index in [0.29, 0.717) is 6.04 Å². The van der Waals surface area contributed by atoms with Crippen LogP contribution < -0.4 is 0 Å². The average Bonchev–Trinajstić information content (AvgIpc) is 2.83. The summed E-state index contributed by atoms with van der Waals surface area (Å²) in [6.45, 7) is 8.32. The van der Waals surface area contributed by atoms with Gasteiger partial charge in [0.25, 0.3) is 0 Å². The van der Waals surface area contributed by atoms with Crippen molar-refractivity contribution in [3.8, 4) is 0 Å². The highest BCUT2D eigenvalue weighted by Crippen LogP contribution is 2.36. The van der Waals surface area contributed by atoms with E-state index < -0.39 is 5.60 Å². The molecular weight excluding hydrogens is 250 g/mol. The highest BCUT2D eigenvalue weighted by atomic mass is 16.4. The molecule has 0 amide bonds. The predicted octanol–water partition coefficient (Wildman–Crippen LogP) is 3.43. The zero-order valence-corrected chi connectivity index (χ0v) is 12.5. The van der Waals surface area contributed by atoms with Gasteiger partial charge in [0.15, 0.2) is 0 Å². The number of benzene rings is 1. The van der Waals surface area contributed by atoms with Crippen molar-refractivity contribution in [2.75, 3.05) is 13.1 Å². The lowest BCUT2D eigenvalue weighted by Crippen LogP contribution is -2.45. The van der Waals surface area contributed by atoms with Gasteiger partial charge in [-0.15, -0.1) is 0 Å². The van der Waals surface area contributed by atoms with E-state index in [1.165, 1.54) is 5.56 Å². The molecule has 108 valence electrons. The summed E-state index contributed by atoms with van der Waals surface area (Å²) in [5.74, 6) is 0.724. The minimum Gasteiger partial charge on any atom is -0.458 e. The topological polar surface area (TPSA) is 36.6 Å². The van der Waals surface area contributed by atoms with Gasteiger partial charge in [-0.3, -0.25) is 0 Å². The molecule has 20 heavy (non-hydrogen) atoms. The zero-order chi connectivity index (χ0) is 14.3. The molecule has 0 unspecified atom stereocenters. The van der Waals surface area contributed by atoms with Crippen molar-refractivity contribution in [2.24, 2.45) is 0 Å². The molecule has 0 atom stereocenters. The number of piperidine rings is 1. The van der Waals surface area contributed by atoms with Crippen LogP contribution in [0.15, 0.2) is 28.7 Å². The Kier molecular flexibility index (Phi) is 3.35. The summed E-state index contributed by atoms with van der Waals surface area (Å²) in [4.78, 5) is 2.40. The first-order valence-corrected chi connectivity index (χ1v) is 7.45. The quantitative estimate of drug-likeness (QED) is 0.910. The van der Waals surface area contributed by atoms with Crippen molar-refractivity contribution >= 4 is 11.0 Å². The maximum absolute atomic E-state index is 10.9. The summed E-state index contributed by atoms with van der Waals surface area (Å²) in [6.07, 6.45) is 1.48. The van der Waals surface area contributed by atoms with Gasteiger partial charge >= 0.3 is 0 Å². The molecule has 0 bridgehead atoms. The third-order valence-electron chi connectivity index (χ3n) is 4.49. The van der Waals surface area contributed by atoms with Crippen LogP contribution in [0.4, 0.5) is 0 Å². The molecule has 0 radical (unpaired) electrons. The lowest BCUT2D eigenvalue weighted by Gasteiger charge is -2.38. The molecule has 0 spiro atoms. The highest BCUT2D eigenvalue weighted by Gasteiger charge is 2.37. The number of aliphatic hydroxyl groups is 1. The highest BCUT2D eigenvalue weighted by molar-refractivity contribution is 5.78. The molecule has 2 heterocycles. The molecule has 3 heteroatoms. The second kappa shape index (κ2) is 4.90. The Labute approximate surface area is 120 Å². The van der Waals surface area contributed by atoms with Gasteiger partial charge in [-0.25, -0.2) is 0 Å². The predicted molar refractivity (Wildman–Crippen MR) is 80.8 cm³/mol. The largest absolute Gasteiger partial charge is 0.458 e. The number of nitrogens with zero attached hydrogens (tertiary/aromatic N) is 1. The molecular formula is C17H23NO2. The van der Waals surface area contributed by atoms with Crippen LogP contribution in [0.2, 0.25) is 0 Å². The van der Waals surface area contributed by atoms with Crippen LogP contribution in [0.5, 0.6) is 0 Å². The second-order valence-corrected chi connectivity index (χ2v) is 6.31. The number of likely N-dealkylation sites (tertiary alicyclic amines) is 1. The van der Waals surface area contributed by atoms with E-state index in [2.05, 4.69) is 31.7 Å². The van der Waals surface area contributed by atoms with Crippen LogP contribution in [0.1, 0.15) is 38.0 Å². The molecule has 1 saturated heterocycles. The number of hydrogen-bond donors (Lipinski definition) is 1. The molecule has 2 aromatic rings. The van der Waals surface area contributed by atoms with Crippen LogP contribution >= 0.6 is 0 Å². The molecule has 0 saturated carbocycles. The summed E-state index contributed by atoms with van der Waals surface area (Å²) in [7, 11) is 0. The van der Waals surface area contributed by atoms with Gasteiger partial charge < -0.3 is 14.4 Å². The molecule has 0 aliphatic carbocycles. The van der Waals surface area contributed by atoms with Crippen molar-refractivity contribution in [3.63, 3.8) is 0 Å². The Morgan fingerprint density at radius 2 is 1.90 bits per heavy atom. The van der Waals surface area contributed by atoms with E-state index in [1.54, 1.807) is 0 Å². The average molecular weight is 273 g/mol. The lowest BCUT2D eigenvalue weighted by atomic mass is 9.88. The van der Waals surface area contributed by atoms with Crippen molar-refractivity contribution in [1.29, 1.82) is 0 Å². The standard InChI is InChI=1S/C17H23NO2/c1-12(2)18-8-6-17(19,7-9-18)16-11-14-10-13(3)4-5-15(14)20-16/h4-5,10-12,19H,6-9H2,1-3H3. The van der Waals surface area contributed by atoms with Crippen LogP contribution in [0, 0.1) is 6.92 Å². The van der Waals surface area contributed by atoms with Crippen LogP contribution in [-0.4, -0.2) is 29.1 Å². The van der Waals surface area contributed by atoms with E-state index in [0.717, 1.165) is 42.7 Å². The first kappa shape index (κ1) is 13.7. The maximum Gasteiger partial charge on any atom is 0.136 e. The van der Waals surface area contributed by atoms with Crippen LogP contribution in [-0.2, 0) is 5.60 Å². The summed E-state index contributed by atoms with van der Waals surface area (Å²) >= 11 is 0. The summed E-state index contributed by atoms with van der Waals surface area (Å²) in [6, 6.07) is 8.68. The Balaban J connectivity index is 1.87. The SMILES string of the molecule is Cc1ccc2oc(C3(O)CCN(C(C)C)CC3)cc2c1. The molecule has 1 N–H and O–H groups in total. The Morgan fingerprint density at radius 1 is 1.20 bits per heavy atom. The number of furan rings is 1. The van der Waals surface area contributed by atoms with Crippen molar-refractivity contribution in [2.45, 2.75) is 45.3 Å². The van der Waals surface area contributed by atoms with Crippen molar-refractivity contribution in [1.82, 2.24) is 4.90 Å². The first-order valence-electron chi connectivity index (χ1n) is 7.45. The van der Waals surface area contributed by atoms with Gasteiger partial charge in [0.1, 0.15) is 16.9 Å². The van der Waals surface area contributed by atoms with Gasteiger partial charge in [-0.2, -0.15) is 0 Å². The van der Waals surface area contributed by atoms with E-state index in [4.69, 9.17) is 4.42 Å². The third kappa shape index (κ3) is 2.36. The van der Waals surface area contributed by atoms with Gasteiger partial charge in [0.2, 0.25) is 0 Å². The van der Waals surface area contributed by atoms with Gasteiger partial charge in [0.05, 0.1) is 0 Å². The number of aryl methyl sites for hydroxylation is 1. The monoisotopic (exact) mass is 273 g/mol. The maximum atomic E-state index is 10.9. The smallest absolute Gasteiger partial charge is 0.136 e. The summed E-state index contributed by atoms with van der Waals surface area (Å²) < 4.78 is 5.89. The van der Waals surface area contributed by atoms with Crippen LogP contribution in [0.3, 0.4) is 0 Å². The number of rotatable bonds is 2. The lowest BCUT2D eigenvalue weighted by molar-refractivity contribution is -0.0467. The van der Waals surface area contributed by atoms with Gasteiger partial charge in [-0.1, -0.05) is 11.6 Å². The Hall–Kier alpha value is -1.32. The zero-order valence-electron chi connectivity index (χ0n) is 12.5. The molecule has 1 aromatic heterocycles. The van der Waals surface area contributed by atoms with Crippen LogP contribution in [0.25, 0.3) is 11.0 Å². The molecule has 3 rings (SSSR count). The second-order valence-electron chi connectivity index (χ2n) is 6.31. The molecule has 1 aromatic carbocycles. The fraction of sp³-hybridized carbons (Fsp3) is 0.529. The third-order valence-corrected chi connectivity index (χ3v) is 4.49. The van der Waals surface area contributed by atoms with Crippen molar-refractivity contribution < 1.29 is 9.52 Å². The number of fused-ring (bicyclic) bond motifs is 1. The molecule has 1 aliphatic rings. The summed E-state index contributed by atoms with van der Waals surface area (Å²) in [5.41, 5.74) is 1.27. The van der Waals surface area contributed by atoms with E-state index in [9.17, 15) is 5.11 Å². The van der Waals surface area contributed by atoms with E-state index in [-0.39, 0.29) is 0 Å². The minimum atomic E-state index is -0.807. The van der Waals surface area contributed by atoms with Gasteiger partial charge in [0, 0.05) is 24.5 Å². The number of hydrogen-bond acceptors (Lipinski definition) is 3. The van der Waals surface area contributed by atoms with Crippen molar-refractivity contribution in [3.05, 3.63) is 35.6 Å². The normalized spacial score (nSPS) is 19.9. The van der Waals surface area contributed by atoms with Gasteiger partial charge in [-0.05, 0) is 51.8 Å². The minimum absolute atomic E-state index is 0.540. The first-order chi connectivity index (χ1) is 9.48. The molecule has 1 aliphatic heterocycles. The molecule has 1 fully saturated rings. The molecule has 3 nitrogen and oxygen atoms in total. The summed E-state index contributed by atoms with van der Waals surface area (Å²) in [5, 5.41) is 12.0. The fourth-order valence-electron chi connectivity index (χ4n) is 3.05. The Morgan fingerprint density at radius 3 is 2.55 bits per heavy atom. The van der Waals surface area contributed by atoms with E-state index >= 15 is 0 Å². The Bertz CT molecular complexity index is 606. The van der Waals surface area contributed by atoms with E-state index in [1.807, 2.05) is 18.2 Å². The fourth-order valence-corrected chi connectivity index (χ4v) is 3.05.